The molecule has 0 amide bonds. The molecule has 4 heteroatoms. The molecule has 0 aromatic heterocycles. The zero-order valence-corrected chi connectivity index (χ0v) is 8.42. The third kappa shape index (κ3) is 2.97. The van der Waals surface area contributed by atoms with E-state index in [1.807, 2.05) is 0 Å². The van der Waals surface area contributed by atoms with Gasteiger partial charge in [-0.15, -0.1) is 0 Å². The van der Waals surface area contributed by atoms with E-state index in [1.54, 1.807) is 13.1 Å². The van der Waals surface area contributed by atoms with Gasteiger partial charge in [-0.1, -0.05) is 13.8 Å². The van der Waals surface area contributed by atoms with Crippen LogP contribution in [0, 0.1) is 5.41 Å². The van der Waals surface area contributed by atoms with Crippen molar-refractivity contribution in [2.24, 2.45) is 16.1 Å². The van der Waals surface area contributed by atoms with Crippen LogP contribution in [0.2, 0.25) is 0 Å². The number of rotatable bonds is 1. The number of hydrogen-bond acceptors (Lipinski definition) is 3. The fourth-order valence-electron chi connectivity index (χ4n) is 0.993. The lowest BCUT2D eigenvalue weighted by Gasteiger charge is -2.32. The standard InChI is InChI=1S/C9H17N3O/c1-9(2)5-12-8(13-6-9)4-7(10)11-3/h4,12H,5-6H2,1-3H3,(H2,10,11)/b8-4+. The molecule has 0 saturated carbocycles. The Morgan fingerprint density at radius 3 is 2.85 bits per heavy atom. The lowest BCUT2D eigenvalue weighted by Crippen LogP contribution is -2.39. The largest absolute Gasteiger partial charge is 0.478 e. The molecule has 0 aliphatic carbocycles. The van der Waals surface area contributed by atoms with E-state index in [0.717, 1.165) is 6.54 Å². The van der Waals surface area contributed by atoms with Crippen LogP contribution < -0.4 is 11.1 Å². The highest BCUT2D eigenvalue weighted by Gasteiger charge is 2.24. The fourth-order valence-corrected chi connectivity index (χ4v) is 0.993. The van der Waals surface area contributed by atoms with Gasteiger partial charge in [-0.05, 0) is 0 Å². The molecule has 0 bridgehead atoms. The van der Waals surface area contributed by atoms with Crippen LogP contribution in [0.5, 0.6) is 0 Å². The van der Waals surface area contributed by atoms with Gasteiger partial charge < -0.3 is 15.8 Å². The molecule has 1 rings (SSSR count). The van der Waals surface area contributed by atoms with Gasteiger partial charge in [0.15, 0.2) is 5.88 Å². The first-order valence-electron chi connectivity index (χ1n) is 4.34. The molecule has 0 radical (unpaired) electrons. The molecule has 4 nitrogen and oxygen atoms in total. The van der Waals surface area contributed by atoms with Crippen molar-refractivity contribution >= 4 is 5.84 Å². The van der Waals surface area contributed by atoms with Crippen LogP contribution in [-0.2, 0) is 4.74 Å². The quantitative estimate of drug-likeness (QED) is 0.458. The van der Waals surface area contributed by atoms with E-state index < -0.39 is 0 Å². The Hall–Kier alpha value is -1.19. The lowest BCUT2D eigenvalue weighted by atomic mass is 9.94. The zero-order chi connectivity index (χ0) is 9.90. The Balaban J connectivity index is 2.55. The smallest absolute Gasteiger partial charge is 0.190 e. The second kappa shape index (κ2) is 3.68. The lowest BCUT2D eigenvalue weighted by molar-refractivity contribution is 0.0627. The number of nitrogens with two attached hydrogens (primary N) is 1. The Bertz CT molecular complexity index is 231. The minimum atomic E-state index is 0.190. The number of nitrogens with zero attached hydrogens (tertiary/aromatic N) is 1. The van der Waals surface area contributed by atoms with Gasteiger partial charge in [0.2, 0.25) is 0 Å². The molecular formula is C9H17N3O. The van der Waals surface area contributed by atoms with Crippen molar-refractivity contribution in [3.05, 3.63) is 12.0 Å². The Kier molecular flexibility index (Phi) is 2.80. The van der Waals surface area contributed by atoms with Gasteiger partial charge in [-0.25, -0.2) is 0 Å². The van der Waals surface area contributed by atoms with Crippen molar-refractivity contribution in [3.8, 4) is 0 Å². The summed E-state index contributed by atoms with van der Waals surface area (Å²) < 4.78 is 5.45. The van der Waals surface area contributed by atoms with Crippen LogP contribution in [0.1, 0.15) is 13.8 Å². The van der Waals surface area contributed by atoms with E-state index in [4.69, 9.17) is 10.5 Å². The topological polar surface area (TPSA) is 59.6 Å². The van der Waals surface area contributed by atoms with Gasteiger partial charge in [-0.3, -0.25) is 4.99 Å². The Morgan fingerprint density at radius 2 is 2.38 bits per heavy atom. The predicted octanol–water partition coefficient (Wildman–Crippen LogP) is 0.461. The molecule has 1 heterocycles. The minimum absolute atomic E-state index is 0.190. The van der Waals surface area contributed by atoms with Crippen molar-refractivity contribution in [3.63, 3.8) is 0 Å². The maximum Gasteiger partial charge on any atom is 0.190 e. The molecule has 1 aliphatic heterocycles. The van der Waals surface area contributed by atoms with E-state index in [9.17, 15) is 0 Å². The monoisotopic (exact) mass is 183 g/mol. The minimum Gasteiger partial charge on any atom is -0.478 e. The van der Waals surface area contributed by atoms with Crippen LogP contribution in [0.15, 0.2) is 17.0 Å². The van der Waals surface area contributed by atoms with Crippen molar-refractivity contribution in [2.45, 2.75) is 13.8 Å². The first-order chi connectivity index (χ1) is 6.03. The molecular weight excluding hydrogens is 166 g/mol. The Morgan fingerprint density at radius 1 is 1.69 bits per heavy atom. The van der Waals surface area contributed by atoms with Crippen LogP contribution in [0.4, 0.5) is 0 Å². The molecule has 1 aliphatic rings. The molecule has 0 spiro atoms. The fraction of sp³-hybridized carbons (Fsp3) is 0.667. The molecule has 1 saturated heterocycles. The Labute approximate surface area is 78.9 Å². The number of aliphatic imine (C=N–C) groups is 1. The molecule has 13 heavy (non-hydrogen) atoms. The molecule has 0 unspecified atom stereocenters. The highest BCUT2D eigenvalue weighted by atomic mass is 16.5. The van der Waals surface area contributed by atoms with E-state index in [1.165, 1.54) is 0 Å². The molecule has 1 fully saturated rings. The van der Waals surface area contributed by atoms with Gasteiger partial charge >= 0.3 is 0 Å². The maximum absolute atomic E-state index is 5.53. The average Bonchev–Trinajstić information content (AvgIpc) is 2.08. The van der Waals surface area contributed by atoms with Crippen molar-refractivity contribution in [1.29, 1.82) is 0 Å². The summed E-state index contributed by atoms with van der Waals surface area (Å²) in [6.07, 6.45) is 1.70. The summed E-state index contributed by atoms with van der Waals surface area (Å²) in [5.41, 5.74) is 5.71. The van der Waals surface area contributed by atoms with E-state index in [2.05, 4.69) is 24.2 Å². The number of ether oxygens (including phenoxy) is 1. The van der Waals surface area contributed by atoms with Crippen LogP contribution in [-0.4, -0.2) is 26.0 Å². The maximum atomic E-state index is 5.53. The second-order valence-corrected chi connectivity index (χ2v) is 3.96. The molecule has 0 atom stereocenters. The summed E-state index contributed by atoms with van der Waals surface area (Å²) in [6, 6.07) is 0. The zero-order valence-electron chi connectivity index (χ0n) is 8.42. The van der Waals surface area contributed by atoms with Crippen LogP contribution in [0.25, 0.3) is 0 Å². The number of nitrogens with one attached hydrogen (secondary N) is 1. The van der Waals surface area contributed by atoms with Crippen LogP contribution in [0.3, 0.4) is 0 Å². The predicted molar refractivity (Wildman–Crippen MR) is 53.4 cm³/mol. The second-order valence-electron chi connectivity index (χ2n) is 3.96. The first-order valence-corrected chi connectivity index (χ1v) is 4.34. The highest BCUT2D eigenvalue weighted by molar-refractivity contribution is 5.91. The van der Waals surface area contributed by atoms with Gasteiger partial charge in [0.25, 0.3) is 0 Å². The van der Waals surface area contributed by atoms with Crippen molar-refractivity contribution in [1.82, 2.24) is 5.32 Å². The normalized spacial score (nSPS) is 25.2. The molecule has 74 valence electrons. The third-order valence-corrected chi connectivity index (χ3v) is 1.90. The number of hydrogen-bond donors (Lipinski definition) is 2. The molecule has 3 N–H and O–H groups in total. The van der Waals surface area contributed by atoms with Crippen molar-refractivity contribution < 1.29 is 4.74 Å². The average molecular weight is 183 g/mol. The number of amidine groups is 1. The van der Waals surface area contributed by atoms with E-state index >= 15 is 0 Å². The summed E-state index contributed by atoms with van der Waals surface area (Å²) in [5.74, 6) is 1.18. The van der Waals surface area contributed by atoms with Crippen LogP contribution >= 0.6 is 0 Å². The third-order valence-electron chi connectivity index (χ3n) is 1.90. The summed E-state index contributed by atoms with van der Waals surface area (Å²) in [4.78, 5) is 3.82. The van der Waals surface area contributed by atoms with Crippen molar-refractivity contribution in [2.75, 3.05) is 20.2 Å². The van der Waals surface area contributed by atoms with Gasteiger partial charge in [0.1, 0.15) is 5.84 Å². The highest BCUT2D eigenvalue weighted by Crippen LogP contribution is 2.19. The summed E-state index contributed by atoms with van der Waals surface area (Å²) in [5, 5.41) is 3.15. The van der Waals surface area contributed by atoms with Gasteiger partial charge in [0.05, 0.1) is 6.61 Å². The summed E-state index contributed by atoms with van der Waals surface area (Å²) >= 11 is 0. The van der Waals surface area contributed by atoms with Gasteiger partial charge in [-0.2, -0.15) is 0 Å². The van der Waals surface area contributed by atoms with Gasteiger partial charge in [0, 0.05) is 25.1 Å². The van der Waals surface area contributed by atoms with E-state index in [0.29, 0.717) is 18.3 Å². The molecule has 0 aromatic rings. The first kappa shape index (κ1) is 9.89. The van der Waals surface area contributed by atoms with E-state index in [-0.39, 0.29) is 5.41 Å². The summed E-state index contributed by atoms with van der Waals surface area (Å²) in [6.45, 7) is 5.90. The molecule has 0 aromatic carbocycles. The summed E-state index contributed by atoms with van der Waals surface area (Å²) in [7, 11) is 1.65. The SMILES string of the molecule is CN=C(N)/C=C1\NCC(C)(C)CO1.